The number of allylic oxidation sites excluding steroid dienone is 4. The number of hydrogen-bond donors (Lipinski definition) is 1. The third kappa shape index (κ3) is 1.66. The molecule has 94 valence electrons. The highest BCUT2D eigenvalue weighted by molar-refractivity contribution is 6.38. The molecule has 0 aliphatic heterocycles. The van der Waals surface area contributed by atoms with Gasteiger partial charge in [-0.3, -0.25) is 9.59 Å². The van der Waals surface area contributed by atoms with E-state index in [2.05, 4.69) is 4.98 Å². The molecule has 1 aliphatic rings. The summed E-state index contributed by atoms with van der Waals surface area (Å²) in [6.45, 7) is 3.39. The van der Waals surface area contributed by atoms with Crippen molar-refractivity contribution in [1.29, 1.82) is 0 Å². The third-order valence-electron chi connectivity index (χ3n) is 3.53. The molecule has 0 bridgehead atoms. The fourth-order valence-electron chi connectivity index (χ4n) is 2.54. The number of carbonyl (C=O) groups excluding carboxylic acids is 2. The Morgan fingerprint density at radius 2 is 1.79 bits per heavy atom. The maximum absolute atomic E-state index is 12.2. The molecule has 0 unspecified atom stereocenters. The Morgan fingerprint density at radius 1 is 1.05 bits per heavy atom. The number of Topliss-reactive ketones (excluding diaryl/α,β-unsaturated/α-hetero) is 1. The van der Waals surface area contributed by atoms with Gasteiger partial charge >= 0.3 is 0 Å². The van der Waals surface area contributed by atoms with E-state index < -0.39 is 0 Å². The van der Waals surface area contributed by atoms with Crippen LogP contribution in [0.1, 0.15) is 19.4 Å². The van der Waals surface area contributed by atoms with Gasteiger partial charge in [-0.25, -0.2) is 0 Å². The summed E-state index contributed by atoms with van der Waals surface area (Å²) in [4.78, 5) is 27.4. The number of hydrogen-bond acceptors (Lipinski definition) is 2. The minimum absolute atomic E-state index is 0.0557. The fourth-order valence-corrected chi connectivity index (χ4v) is 2.54. The standard InChI is InChI=1S/C16H13NO2/c1-9-7-14(18)15(10(2)16(9)19)12-8-17-13-6-4-3-5-11(12)13/h3-8,17H,1-2H3. The number of rotatable bonds is 1. The Balaban J connectivity index is 2.27. The molecule has 0 fully saturated rings. The van der Waals surface area contributed by atoms with Crippen molar-refractivity contribution in [3.63, 3.8) is 0 Å². The second kappa shape index (κ2) is 4.05. The number of nitrogens with one attached hydrogen (secondary N) is 1. The van der Waals surface area contributed by atoms with Crippen LogP contribution in [0.3, 0.4) is 0 Å². The molecule has 0 radical (unpaired) electrons. The van der Waals surface area contributed by atoms with Gasteiger partial charge in [0.15, 0.2) is 11.6 Å². The monoisotopic (exact) mass is 251 g/mol. The second-order valence-electron chi connectivity index (χ2n) is 4.77. The van der Waals surface area contributed by atoms with Crippen LogP contribution in [-0.2, 0) is 9.59 Å². The zero-order chi connectivity index (χ0) is 13.6. The number of para-hydroxylation sites is 1. The van der Waals surface area contributed by atoms with Gasteiger partial charge in [-0.2, -0.15) is 0 Å². The zero-order valence-corrected chi connectivity index (χ0v) is 10.8. The van der Waals surface area contributed by atoms with Crippen molar-refractivity contribution < 1.29 is 9.59 Å². The molecule has 1 heterocycles. The molecule has 19 heavy (non-hydrogen) atoms. The van der Waals surface area contributed by atoms with Crippen LogP contribution in [0, 0.1) is 0 Å². The van der Waals surface area contributed by atoms with Gasteiger partial charge in [-0.15, -0.1) is 0 Å². The van der Waals surface area contributed by atoms with Gasteiger partial charge in [0.1, 0.15) is 0 Å². The molecule has 1 N–H and O–H groups in total. The van der Waals surface area contributed by atoms with Crippen molar-refractivity contribution in [3.8, 4) is 0 Å². The van der Waals surface area contributed by atoms with Crippen LogP contribution in [0.4, 0.5) is 0 Å². The summed E-state index contributed by atoms with van der Waals surface area (Å²) in [5.74, 6) is -0.153. The van der Waals surface area contributed by atoms with E-state index in [0.29, 0.717) is 16.7 Å². The Morgan fingerprint density at radius 3 is 2.58 bits per heavy atom. The topological polar surface area (TPSA) is 49.9 Å². The zero-order valence-electron chi connectivity index (χ0n) is 10.8. The summed E-state index contributed by atoms with van der Waals surface area (Å²) < 4.78 is 0. The Labute approximate surface area is 110 Å². The molecule has 3 heteroatoms. The fraction of sp³-hybridized carbons (Fsp3) is 0.125. The highest BCUT2D eigenvalue weighted by Gasteiger charge is 2.25. The largest absolute Gasteiger partial charge is 0.361 e. The molecule has 3 nitrogen and oxygen atoms in total. The summed E-state index contributed by atoms with van der Waals surface area (Å²) in [7, 11) is 0. The van der Waals surface area contributed by atoms with Gasteiger partial charge in [0.25, 0.3) is 0 Å². The van der Waals surface area contributed by atoms with Crippen LogP contribution in [-0.4, -0.2) is 16.6 Å². The predicted octanol–water partition coefficient (Wildman–Crippen LogP) is 3.04. The van der Waals surface area contributed by atoms with E-state index >= 15 is 0 Å². The number of benzene rings is 1. The van der Waals surface area contributed by atoms with Crippen molar-refractivity contribution in [2.75, 3.05) is 0 Å². The number of ketones is 2. The summed E-state index contributed by atoms with van der Waals surface area (Å²) >= 11 is 0. The van der Waals surface area contributed by atoms with Crippen LogP contribution >= 0.6 is 0 Å². The average molecular weight is 251 g/mol. The lowest BCUT2D eigenvalue weighted by Gasteiger charge is -2.14. The van der Waals surface area contributed by atoms with Gasteiger partial charge in [-0.05, 0) is 26.0 Å². The lowest BCUT2D eigenvalue weighted by Crippen LogP contribution is -2.15. The van der Waals surface area contributed by atoms with Gasteiger partial charge in [-0.1, -0.05) is 18.2 Å². The molecule has 1 aromatic heterocycles. The Bertz CT molecular complexity index is 775. The number of aromatic nitrogens is 1. The summed E-state index contributed by atoms with van der Waals surface area (Å²) in [6.07, 6.45) is 3.22. The smallest absolute Gasteiger partial charge is 0.187 e. The maximum atomic E-state index is 12.2. The molecule has 0 amide bonds. The predicted molar refractivity (Wildman–Crippen MR) is 74.7 cm³/mol. The first-order valence-corrected chi connectivity index (χ1v) is 6.14. The molecular weight excluding hydrogens is 238 g/mol. The van der Waals surface area contributed by atoms with E-state index in [0.717, 1.165) is 16.5 Å². The first kappa shape index (κ1) is 11.7. The molecular formula is C16H13NO2. The molecule has 1 aromatic carbocycles. The maximum Gasteiger partial charge on any atom is 0.187 e. The van der Waals surface area contributed by atoms with E-state index in [1.54, 1.807) is 20.0 Å². The van der Waals surface area contributed by atoms with Crippen molar-refractivity contribution in [2.24, 2.45) is 0 Å². The van der Waals surface area contributed by atoms with E-state index in [4.69, 9.17) is 0 Å². The molecule has 0 saturated carbocycles. The van der Waals surface area contributed by atoms with Gasteiger partial charge in [0.2, 0.25) is 0 Å². The molecule has 0 saturated heterocycles. The van der Waals surface area contributed by atoms with Crippen LogP contribution < -0.4 is 0 Å². The molecule has 1 aliphatic carbocycles. The minimum atomic E-state index is -0.0978. The second-order valence-corrected chi connectivity index (χ2v) is 4.77. The number of aromatic amines is 1. The van der Waals surface area contributed by atoms with Crippen LogP contribution in [0.5, 0.6) is 0 Å². The van der Waals surface area contributed by atoms with Crippen molar-refractivity contribution in [1.82, 2.24) is 4.98 Å². The van der Waals surface area contributed by atoms with E-state index in [1.165, 1.54) is 6.08 Å². The Kier molecular flexibility index (Phi) is 2.49. The van der Waals surface area contributed by atoms with Crippen molar-refractivity contribution in [3.05, 3.63) is 53.2 Å². The van der Waals surface area contributed by atoms with E-state index in [1.807, 2.05) is 24.3 Å². The normalized spacial score (nSPS) is 16.2. The summed E-state index contributed by atoms with van der Waals surface area (Å²) in [6, 6.07) is 7.75. The van der Waals surface area contributed by atoms with Gasteiger partial charge in [0.05, 0.1) is 0 Å². The van der Waals surface area contributed by atoms with Crippen molar-refractivity contribution >= 4 is 28.0 Å². The lowest BCUT2D eigenvalue weighted by molar-refractivity contribution is -0.114. The van der Waals surface area contributed by atoms with E-state index in [-0.39, 0.29) is 11.6 Å². The highest BCUT2D eigenvalue weighted by Crippen LogP contribution is 2.31. The van der Waals surface area contributed by atoms with Crippen molar-refractivity contribution in [2.45, 2.75) is 13.8 Å². The minimum Gasteiger partial charge on any atom is -0.361 e. The highest BCUT2D eigenvalue weighted by atomic mass is 16.1. The average Bonchev–Trinajstić information content (AvgIpc) is 2.81. The van der Waals surface area contributed by atoms with E-state index in [9.17, 15) is 9.59 Å². The molecule has 3 rings (SSSR count). The summed E-state index contributed by atoms with van der Waals surface area (Å²) in [5.41, 5.74) is 3.30. The molecule has 2 aromatic rings. The summed E-state index contributed by atoms with van der Waals surface area (Å²) in [5, 5.41) is 0.964. The number of H-pyrrole nitrogens is 1. The molecule has 0 spiro atoms. The SMILES string of the molecule is CC1=CC(=O)C(c2c[nH]c3ccccc23)=C(C)C1=O. The molecule has 0 atom stereocenters. The van der Waals surface area contributed by atoms with Crippen LogP contribution in [0.25, 0.3) is 16.5 Å². The van der Waals surface area contributed by atoms with Gasteiger partial charge < -0.3 is 4.98 Å². The number of fused-ring (bicyclic) bond motifs is 1. The lowest BCUT2D eigenvalue weighted by atomic mass is 9.87. The number of carbonyl (C=O) groups is 2. The Hall–Kier alpha value is -2.42. The van der Waals surface area contributed by atoms with Gasteiger partial charge in [0, 0.05) is 39.4 Å². The van der Waals surface area contributed by atoms with Crippen LogP contribution in [0.2, 0.25) is 0 Å². The third-order valence-corrected chi connectivity index (χ3v) is 3.53. The first-order chi connectivity index (χ1) is 9.09. The quantitative estimate of drug-likeness (QED) is 0.792. The van der Waals surface area contributed by atoms with Crippen LogP contribution in [0.15, 0.2) is 47.7 Å². The first-order valence-electron chi connectivity index (χ1n) is 6.14.